The highest BCUT2D eigenvalue weighted by atomic mass is 19.4. The molecular formula is C17H24F3NO2. The number of ether oxygens (including phenoxy) is 1. The van der Waals surface area contributed by atoms with Crippen LogP contribution in [0.1, 0.15) is 51.2 Å². The van der Waals surface area contributed by atoms with Gasteiger partial charge in [0.25, 0.3) is 0 Å². The summed E-state index contributed by atoms with van der Waals surface area (Å²) in [6.45, 7) is 5.39. The Morgan fingerprint density at radius 1 is 1.22 bits per heavy atom. The Labute approximate surface area is 135 Å². The summed E-state index contributed by atoms with van der Waals surface area (Å²) in [5.74, 6) is -0.306. The zero-order valence-corrected chi connectivity index (χ0v) is 14.0. The van der Waals surface area contributed by atoms with Gasteiger partial charge in [-0.2, -0.15) is 13.2 Å². The molecule has 0 bridgehead atoms. The summed E-state index contributed by atoms with van der Waals surface area (Å²) in [4.78, 5) is 11.4. The van der Waals surface area contributed by atoms with Gasteiger partial charge >= 0.3 is 6.18 Å². The minimum atomic E-state index is -4.45. The molecule has 0 heterocycles. The number of halogens is 3. The number of methoxy groups -OCH3 is 1. The standard InChI is InChI=1S/C17H24F3NO2/c1-5-16(6-2,21-12(3)22)10-9-13-7-8-15(23-4)14(11-13)17(18,19)20/h7-8,11H,5-6,9-10H2,1-4H3,(H,21,22). The minimum absolute atomic E-state index is 0.126. The van der Waals surface area contributed by atoms with Gasteiger partial charge in [0.15, 0.2) is 0 Å². The van der Waals surface area contributed by atoms with E-state index < -0.39 is 11.7 Å². The van der Waals surface area contributed by atoms with Crippen molar-refractivity contribution in [1.82, 2.24) is 5.32 Å². The van der Waals surface area contributed by atoms with E-state index >= 15 is 0 Å². The molecule has 0 atom stereocenters. The summed E-state index contributed by atoms with van der Waals surface area (Å²) in [7, 11) is 1.22. The van der Waals surface area contributed by atoms with Crippen LogP contribution in [-0.2, 0) is 17.4 Å². The van der Waals surface area contributed by atoms with Crippen molar-refractivity contribution in [3.8, 4) is 5.75 Å². The third-order valence-electron chi connectivity index (χ3n) is 4.26. The van der Waals surface area contributed by atoms with Crippen LogP contribution in [0.4, 0.5) is 13.2 Å². The van der Waals surface area contributed by atoms with Crippen molar-refractivity contribution in [2.75, 3.05) is 7.11 Å². The van der Waals surface area contributed by atoms with E-state index in [2.05, 4.69) is 5.32 Å². The fourth-order valence-electron chi connectivity index (χ4n) is 2.73. The van der Waals surface area contributed by atoms with Crippen molar-refractivity contribution in [2.45, 2.75) is 58.2 Å². The second-order valence-corrected chi connectivity index (χ2v) is 5.70. The molecule has 0 radical (unpaired) electrons. The lowest BCUT2D eigenvalue weighted by Crippen LogP contribution is -2.47. The van der Waals surface area contributed by atoms with E-state index in [0.717, 1.165) is 18.9 Å². The van der Waals surface area contributed by atoms with E-state index in [1.165, 1.54) is 20.1 Å². The number of nitrogens with one attached hydrogen (secondary N) is 1. The van der Waals surface area contributed by atoms with Gasteiger partial charge in [-0.3, -0.25) is 4.79 Å². The SMILES string of the molecule is CCC(CC)(CCc1ccc(OC)c(C(F)(F)F)c1)NC(C)=O. The van der Waals surface area contributed by atoms with Crippen molar-refractivity contribution in [2.24, 2.45) is 0 Å². The Hall–Kier alpha value is -1.72. The second kappa shape index (κ2) is 7.70. The molecule has 23 heavy (non-hydrogen) atoms. The van der Waals surface area contributed by atoms with Crippen LogP contribution >= 0.6 is 0 Å². The molecule has 0 saturated carbocycles. The van der Waals surface area contributed by atoms with Crippen molar-refractivity contribution < 1.29 is 22.7 Å². The van der Waals surface area contributed by atoms with Crippen LogP contribution in [0.15, 0.2) is 18.2 Å². The summed E-state index contributed by atoms with van der Waals surface area (Å²) in [6, 6.07) is 4.11. The number of hydrogen-bond acceptors (Lipinski definition) is 2. The topological polar surface area (TPSA) is 38.3 Å². The molecule has 0 saturated heterocycles. The number of carbonyl (C=O) groups excluding carboxylic acids is 1. The first-order chi connectivity index (χ1) is 10.7. The molecule has 0 aliphatic carbocycles. The van der Waals surface area contributed by atoms with Crippen LogP contribution in [-0.4, -0.2) is 18.6 Å². The number of alkyl halides is 3. The molecular weight excluding hydrogens is 307 g/mol. The smallest absolute Gasteiger partial charge is 0.419 e. The molecule has 1 aromatic rings. The van der Waals surface area contributed by atoms with Gasteiger partial charge in [0, 0.05) is 12.5 Å². The van der Waals surface area contributed by atoms with Gasteiger partial charge in [0.1, 0.15) is 5.75 Å². The van der Waals surface area contributed by atoms with Gasteiger partial charge in [-0.05, 0) is 43.4 Å². The maximum absolute atomic E-state index is 13.1. The Kier molecular flexibility index (Phi) is 6.47. The first-order valence-electron chi connectivity index (χ1n) is 7.70. The zero-order chi connectivity index (χ0) is 17.7. The van der Waals surface area contributed by atoms with Gasteiger partial charge in [-0.15, -0.1) is 0 Å². The Balaban J connectivity index is 2.98. The van der Waals surface area contributed by atoms with Crippen molar-refractivity contribution >= 4 is 5.91 Å². The molecule has 130 valence electrons. The molecule has 1 aromatic carbocycles. The van der Waals surface area contributed by atoms with Gasteiger partial charge in [-0.25, -0.2) is 0 Å². The molecule has 1 N–H and O–H groups in total. The van der Waals surface area contributed by atoms with Crippen molar-refractivity contribution in [3.63, 3.8) is 0 Å². The third-order valence-corrected chi connectivity index (χ3v) is 4.26. The normalized spacial score (nSPS) is 12.1. The van der Waals surface area contributed by atoms with Gasteiger partial charge in [0.05, 0.1) is 12.7 Å². The summed E-state index contributed by atoms with van der Waals surface area (Å²) in [5, 5.41) is 2.94. The molecule has 0 aliphatic rings. The van der Waals surface area contributed by atoms with Crippen LogP contribution in [0.2, 0.25) is 0 Å². The molecule has 0 aromatic heterocycles. The van der Waals surface area contributed by atoms with Crippen LogP contribution in [0.3, 0.4) is 0 Å². The number of carbonyl (C=O) groups is 1. The highest BCUT2D eigenvalue weighted by Gasteiger charge is 2.34. The highest BCUT2D eigenvalue weighted by molar-refractivity contribution is 5.73. The first-order valence-corrected chi connectivity index (χ1v) is 7.70. The molecule has 1 amide bonds. The maximum Gasteiger partial charge on any atom is 0.419 e. The Bertz CT molecular complexity index is 537. The lowest BCUT2D eigenvalue weighted by Gasteiger charge is -2.32. The number of hydrogen-bond donors (Lipinski definition) is 1. The van der Waals surface area contributed by atoms with Crippen LogP contribution in [0.5, 0.6) is 5.75 Å². The van der Waals surface area contributed by atoms with E-state index in [4.69, 9.17) is 4.74 Å². The van der Waals surface area contributed by atoms with Crippen molar-refractivity contribution in [3.05, 3.63) is 29.3 Å². The largest absolute Gasteiger partial charge is 0.496 e. The van der Waals surface area contributed by atoms with Gasteiger partial charge < -0.3 is 10.1 Å². The molecule has 3 nitrogen and oxygen atoms in total. The number of amides is 1. The lowest BCUT2D eigenvalue weighted by molar-refractivity contribution is -0.138. The fraction of sp³-hybridized carbons (Fsp3) is 0.588. The summed E-state index contributed by atoms with van der Waals surface area (Å²) < 4.78 is 44.0. The molecule has 0 aliphatic heterocycles. The van der Waals surface area contributed by atoms with Crippen molar-refractivity contribution in [1.29, 1.82) is 0 Å². The predicted octanol–water partition coefficient (Wildman–Crippen LogP) is 4.34. The van der Waals surface area contributed by atoms with Crippen LogP contribution in [0.25, 0.3) is 0 Å². The van der Waals surface area contributed by atoms with E-state index in [0.29, 0.717) is 18.4 Å². The quantitative estimate of drug-likeness (QED) is 0.807. The summed E-state index contributed by atoms with van der Waals surface area (Å²) in [6.07, 6.45) is -1.96. The van der Waals surface area contributed by atoms with Gasteiger partial charge in [-0.1, -0.05) is 19.9 Å². The number of benzene rings is 1. The third kappa shape index (κ3) is 5.15. The van der Waals surface area contributed by atoms with E-state index in [9.17, 15) is 18.0 Å². The van der Waals surface area contributed by atoms with E-state index in [-0.39, 0.29) is 17.2 Å². The Morgan fingerprint density at radius 3 is 2.26 bits per heavy atom. The highest BCUT2D eigenvalue weighted by Crippen LogP contribution is 2.37. The van der Waals surface area contributed by atoms with E-state index in [1.807, 2.05) is 13.8 Å². The van der Waals surface area contributed by atoms with Crippen LogP contribution in [0, 0.1) is 0 Å². The zero-order valence-electron chi connectivity index (χ0n) is 14.0. The lowest BCUT2D eigenvalue weighted by atomic mass is 9.85. The summed E-state index contributed by atoms with van der Waals surface area (Å²) >= 11 is 0. The maximum atomic E-state index is 13.1. The van der Waals surface area contributed by atoms with Crippen LogP contribution < -0.4 is 10.1 Å². The van der Waals surface area contributed by atoms with E-state index in [1.54, 1.807) is 6.07 Å². The molecule has 1 rings (SSSR count). The second-order valence-electron chi connectivity index (χ2n) is 5.70. The molecule has 6 heteroatoms. The average molecular weight is 331 g/mol. The average Bonchev–Trinajstić information content (AvgIpc) is 2.50. The number of aryl methyl sites for hydroxylation is 1. The molecule has 0 unspecified atom stereocenters. The molecule has 0 spiro atoms. The molecule has 0 fully saturated rings. The Morgan fingerprint density at radius 2 is 1.83 bits per heavy atom. The first kappa shape index (κ1) is 19.3. The summed E-state index contributed by atoms with van der Waals surface area (Å²) in [5.41, 5.74) is -0.574. The number of rotatable bonds is 7. The van der Waals surface area contributed by atoms with Gasteiger partial charge in [0.2, 0.25) is 5.91 Å². The fourth-order valence-corrected chi connectivity index (χ4v) is 2.73. The predicted molar refractivity (Wildman–Crippen MR) is 83.4 cm³/mol. The monoisotopic (exact) mass is 331 g/mol. The minimum Gasteiger partial charge on any atom is -0.496 e.